The minimum absolute atomic E-state index is 0.466. The molecule has 2 aliphatic rings. The zero-order valence-corrected chi connectivity index (χ0v) is 14.8. The molecule has 2 bridgehead atoms. The number of nitrogens with one attached hydrogen (secondary N) is 1. The Balaban J connectivity index is 1.95. The Morgan fingerprint density at radius 3 is 2.76 bits per heavy atom. The van der Waals surface area contributed by atoms with E-state index in [-0.39, 0.29) is 0 Å². The Hall–Kier alpha value is -0.620. The first-order chi connectivity index (χ1) is 10.2. The molecule has 3 nitrogen and oxygen atoms in total. The van der Waals surface area contributed by atoms with Crippen molar-refractivity contribution in [3.63, 3.8) is 0 Å². The molecule has 1 aromatic rings. The van der Waals surface area contributed by atoms with Gasteiger partial charge in [-0.3, -0.25) is 0 Å². The van der Waals surface area contributed by atoms with Crippen molar-refractivity contribution in [3.05, 3.63) is 33.4 Å². The lowest BCUT2D eigenvalue weighted by Gasteiger charge is -2.38. The highest BCUT2D eigenvalue weighted by atomic mass is 127. The first-order valence-electron chi connectivity index (χ1n) is 7.84. The highest BCUT2D eigenvalue weighted by Gasteiger charge is 2.44. The van der Waals surface area contributed by atoms with Gasteiger partial charge in [0.1, 0.15) is 7.11 Å². The van der Waals surface area contributed by atoms with Gasteiger partial charge in [-0.25, -0.2) is 0 Å². The third kappa shape index (κ3) is 3.11. The lowest BCUT2D eigenvalue weighted by atomic mass is 9.74. The molecule has 0 radical (unpaired) electrons. The summed E-state index contributed by atoms with van der Waals surface area (Å²) in [6.07, 6.45) is 4.73. The van der Waals surface area contributed by atoms with E-state index in [4.69, 9.17) is 4.84 Å². The van der Waals surface area contributed by atoms with Crippen LogP contribution in [0.25, 0.3) is 0 Å². The number of piperidine rings is 1. The number of oxime groups is 1. The normalized spacial score (nSPS) is 32.2. The van der Waals surface area contributed by atoms with Crippen molar-refractivity contribution < 1.29 is 4.84 Å². The van der Waals surface area contributed by atoms with Gasteiger partial charge in [-0.1, -0.05) is 24.2 Å². The van der Waals surface area contributed by atoms with Crippen LogP contribution in [-0.4, -0.2) is 24.9 Å². The fraction of sp³-hybridized carbons (Fsp3) is 0.588. The predicted molar refractivity (Wildman–Crippen MR) is 94.7 cm³/mol. The van der Waals surface area contributed by atoms with Gasteiger partial charge in [0, 0.05) is 21.6 Å². The Bertz CT molecular complexity index is 514. The van der Waals surface area contributed by atoms with Crippen LogP contribution in [0.2, 0.25) is 0 Å². The van der Waals surface area contributed by atoms with Gasteiger partial charge in [0.2, 0.25) is 0 Å². The van der Waals surface area contributed by atoms with Crippen molar-refractivity contribution in [2.45, 2.75) is 50.6 Å². The average molecular weight is 398 g/mol. The van der Waals surface area contributed by atoms with E-state index in [1.54, 1.807) is 7.11 Å². The number of benzene rings is 1. The maximum Gasteiger partial charge on any atom is 0.106 e. The third-order valence-corrected chi connectivity index (χ3v) is 5.65. The van der Waals surface area contributed by atoms with Crippen LogP contribution in [0.1, 0.15) is 44.1 Å². The molecule has 2 heterocycles. The first-order valence-corrected chi connectivity index (χ1v) is 8.92. The SMILES string of the molecule is CCC(=NOC)[C@@H]1[C@@H]2CCC(C[C@@H]1c1ccc(I)cc1)N2. The quantitative estimate of drug-likeness (QED) is 0.474. The molecule has 2 fully saturated rings. The van der Waals surface area contributed by atoms with Crippen LogP contribution < -0.4 is 5.32 Å². The molecule has 4 atom stereocenters. The van der Waals surface area contributed by atoms with Gasteiger partial charge in [0.05, 0.1) is 5.71 Å². The summed E-state index contributed by atoms with van der Waals surface area (Å²) in [5.74, 6) is 1.03. The Kier molecular flexibility index (Phi) is 4.84. The van der Waals surface area contributed by atoms with E-state index >= 15 is 0 Å². The second kappa shape index (κ2) is 6.65. The van der Waals surface area contributed by atoms with E-state index in [9.17, 15) is 0 Å². The number of rotatable bonds is 4. The topological polar surface area (TPSA) is 33.6 Å². The molecule has 0 aliphatic carbocycles. The molecule has 1 N–H and O–H groups in total. The molecule has 2 aliphatic heterocycles. The van der Waals surface area contributed by atoms with Crippen molar-refractivity contribution >= 4 is 28.3 Å². The number of halogens is 1. The molecule has 0 saturated carbocycles. The molecule has 1 unspecified atom stereocenters. The molecule has 114 valence electrons. The van der Waals surface area contributed by atoms with Gasteiger partial charge in [0.15, 0.2) is 0 Å². The summed E-state index contributed by atoms with van der Waals surface area (Å²) >= 11 is 2.37. The second-order valence-corrected chi connectivity index (χ2v) is 7.33. The average Bonchev–Trinajstić information content (AvgIpc) is 2.88. The second-order valence-electron chi connectivity index (χ2n) is 6.09. The number of hydrogen-bond acceptors (Lipinski definition) is 3. The number of nitrogens with zero attached hydrogens (tertiary/aromatic N) is 1. The molecule has 2 saturated heterocycles. The Morgan fingerprint density at radius 1 is 1.33 bits per heavy atom. The van der Waals surface area contributed by atoms with Gasteiger partial charge in [-0.15, -0.1) is 0 Å². The van der Waals surface area contributed by atoms with Crippen LogP contribution in [0.4, 0.5) is 0 Å². The van der Waals surface area contributed by atoms with Crippen molar-refractivity contribution in [3.8, 4) is 0 Å². The van der Waals surface area contributed by atoms with Crippen LogP contribution in [0.5, 0.6) is 0 Å². The summed E-state index contributed by atoms with van der Waals surface area (Å²) in [6.45, 7) is 2.18. The summed E-state index contributed by atoms with van der Waals surface area (Å²) in [7, 11) is 1.66. The molecule has 3 rings (SSSR count). The van der Waals surface area contributed by atoms with E-state index in [0.717, 1.165) is 6.42 Å². The summed E-state index contributed by atoms with van der Waals surface area (Å²) in [5.41, 5.74) is 2.66. The maximum atomic E-state index is 5.12. The zero-order chi connectivity index (χ0) is 14.8. The van der Waals surface area contributed by atoms with Crippen LogP contribution in [-0.2, 0) is 4.84 Å². The van der Waals surface area contributed by atoms with Crippen LogP contribution >= 0.6 is 22.6 Å². The van der Waals surface area contributed by atoms with Gasteiger partial charge in [-0.05, 0) is 71.9 Å². The maximum absolute atomic E-state index is 5.12. The van der Waals surface area contributed by atoms with E-state index in [1.165, 1.54) is 34.1 Å². The largest absolute Gasteiger partial charge is 0.399 e. The Morgan fingerprint density at radius 2 is 2.10 bits per heavy atom. The van der Waals surface area contributed by atoms with Crippen LogP contribution in [0.15, 0.2) is 29.4 Å². The van der Waals surface area contributed by atoms with E-state index in [0.29, 0.717) is 23.9 Å². The van der Waals surface area contributed by atoms with Crippen molar-refractivity contribution in [2.75, 3.05) is 7.11 Å². The minimum Gasteiger partial charge on any atom is -0.399 e. The van der Waals surface area contributed by atoms with Crippen molar-refractivity contribution in [1.82, 2.24) is 5.32 Å². The molecule has 21 heavy (non-hydrogen) atoms. The molecular formula is C17H23IN2O. The summed E-state index contributed by atoms with van der Waals surface area (Å²) in [4.78, 5) is 5.12. The first kappa shape index (κ1) is 15.3. The fourth-order valence-corrected chi connectivity index (χ4v) is 4.41. The standard InChI is InChI=1S/C17H23IN2O/c1-3-15(20-21-2)17-14(10-13-8-9-16(17)19-13)11-4-6-12(18)7-5-11/h4-7,13-14,16-17,19H,3,8-10H2,1-2H3/t13?,14-,16+,17-/m1/s1. The van der Waals surface area contributed by atoms with Crippen molar-refractivity contribution in [1.29, 1.82) is 0 Å². The molecule has 1 aromatic carbocycles. The number of fused-ring (bicyclic) bond motifs is 2. The molecular weight excluding hydrogens is 375 g/mol. The smallest absolute Gasteiger partial charge is 0.106 e. The summed E-state index contributed by atoms with van der Waals surface area (Å²) in [6, 6.07) is 10.3. The van der Waals surface area contributed by atoms with Gasteiger partial charge < -0.3 is 10.2 Å². The van der Waals surface area contributed by atoms with E-state index in [2.05, 4.69) is 64.3 Å². The summed E-state index contributed by atoms with van der Waals surface area (Å²) < 4.78 is 1.30. The highest BCUT2D eigenvalue weighted by Crippen LogP contribution is 2.43. The summed E-state index contributed by atoms with van der Waals surface area (Å²) in [5, 5.41) is 8.14. The lowest BCUT2D eigenvalue weighted by Crippen LogP contribution is -2.47. The van der Waals surface area contributed by atoms with Gasteiger partial charge in [-0.2, -0.15) is 0 Å². The molecule has 0 aromatic heterocycles. The molecule has 0 spiro atoms. The van der Waals surface area contributed by atoms with Gasteiger partial charge >= 0.3 is 0 Å². The predicted octanol–water partition coefficient (Wildman–Crippen LogP) is 3.93. The van der Waals surface area contributed by atoms with Crippen LogP contribution in [0.3, 0.4) is 0 Å². The monoisotopic (exact) mass is 398 g/mol. The van der Waals surface area contributed by atoms with Gasteiger partial charge in [0.25, 0.3) is 0 Å². The van der Waals surface area contributed by atoms with E-state index < -0.39 is 0 Å². The minimum atomic E-state index is 0.466. The molecule has 4 heteroatoms. The van der Waals surface area contributed by atoms with Crippen LogP contribution in [0, 0.1) is 9.49 Å². The third-order valence-electron chi connectivity index (χ3n) is 4.94. The van der Waals surface area contributed by atoms with E-state index in [1.807, 2.05) is 0 Å². The lowest BCUT2D eigenvalue weighted by molar-refractivity contribution is 0.204. The fourth-order valence-electron chi connectivity index (χ4n) is 4.05. The number of hydrogen-bond donors (Lipinski definition) is 1. The highest BCUT2D eigenvalue weighted by molar-refractivity contribution is 14.1. The Labute approximate surface area is 140 Å². The zero-order valence-electron chi connectivity index (χ0n) is 12.7. The molecule has 0 amide bonds. The van der Waals surface area contributed by atoms with Crippen molar-refractivity contribution in [2.24, 2.45) is 11.1 Å².